The summed E-state index contributed by atoms with van der Waals surface area (Å²) in [6, 6.07) is 0.483. The van der Waals surface area contributed by atoms with Crippen molar-refractivity contribution >= 4 is 0 Å². The van der Waals surface area contributed by atoms with Gasteiger partial charge in [-0.2, -0.15) is 5.48 Å². The van der Waals surface area contributed by atoms with Crippen molar-refractivity contribution in [2.75, 3.05) is 6.61 Å². The molecule has 0 amide bonds. The van der Waals surface area contributed by atoms with Crippen LogP contribution >= 0.6 is 0 Å². The molecule has 0 heterocycles. The summed E-state index contributed by atoms with van der Waals surface area (Å²) < 4.78 is 0. The molecule has 74 valence electrons. The van der Waals surface area contributed by atoms with Crippen molar-refractivity contribution in [2.45, 2.75) is 45.6 Å². The van der Waals surface area contributed by atoms with E-state index >= 15 is 0 Å². The fraction of sp³-hybridized carbons (Fsp3) is 0.818. The zero-order valence-corrected chi connectivity index (χ0v) is 8.60. The van der Waals surface area contributed by atoms with Crippen LogP contribution in [0.3, 0.4) is 0 Å². The van der Waals surface area contributed by atoms with E-state index in [1.807, 2.05) is 0 Å². The minimum absolute atomic E-state index is 0.358. The molecule has 2 heteroatoms. The Morgan fingerprint density at radius 3 is 3.00 bits per heavy atom. The average Bonchev–Trinajstić information content (AvgIpc) is 2.03. The van der Waals surface area contributed by atoms with E-state index in [1.165, 1.54) is 25.7 Å². The summed E-state index contributed by atoms with van der Waals surface area (Å²) in [6.45, 7) is 4.97. The lowest BCUT2D eigenvalue weighted by Gasteiger charge is -2.35. The van der Waals surface area contributed by atoms with Gasteiger partial charge >= 0.3 is 0 Å². The van der Waals surface area contributed by atoms with Crippen LogP contribution in [0.5, 0.6) is 0 Å². The molecule has 0 aromatic carbocycles. The summed E-state index contributed by atoms with van der Waals surface area (Å²) >= 11 is 0. The van der Waals surface area contributed by atoms with E-state index in [2.05, 4.69) is 25.2 Å². The fourth-order valence-electron chi connectivity index (χ4n) is 2.00. The van der Waals surface area contributed by atoms with Crippen molar-refractivity contribution in [1.82, 2.24) is 5.48 Å². The molecule has 0 saturated heterocycles. The first-order valence-corrected chi connectivity index (χ1v) is 4.95. The average molecular weight is 181 g/mol. The number of nitrogens with one attached hydrogen (secondary N) is 1. The van der Waals surface area contributed by atoms with Crippen LogP contribution in [-0.4, -0.2) is 12.6 Å². The Hall–Kier alpha value is -0.520. The second-order valence-corrected chi connectivity index (χ2v) is 4.57. The number of rotatable bonds is 3. The highest BCUT2D eigenvalue weighted by molar-refractivity contribution is 4.84. The number of hydrogen-bond donors (Lipinski definition) is 1. The molecule has 0 spiro atoms. The second-order valence-electron chi connectivity index (χ2n) is 4.57. The van der Waals surface area contributed by atoms with Crippen LogP contribution in [0.15, 0.2) is 0 Å². The summed E-state index contributed by atoms with van der Waals surface area (Å²) in [5.74, 6) is 2.44. The van der Waals surface area contributed by atoms with Crippen molar-refractivity contribution in [1.29, 1.82) is 0 Å². The van der Waals surface area contributed by atoms with Gasteiger partial charge in [0.15, 0.2) is 0 Å². The van der Waals surface area contributed by atoms with E-state index in [4.69, 9.17) is 11.3 Å². The van der Waals surface area contributed by atoms with Gasteiger partial charge in [-0.05, 0) is 24.7 Å². The summed E-state index contributed by atoms with van der Waals surface area (Å²) in [6.07, 6.45) is 10.1. The first-order chi connectivity index (χ1) is 6.14. The van der Waals surface area contributed by atoms with Crippen LogP contribution in [0.4, 0.5) is 0 Å². The normalized spacial score (nSPS) is 26.7. The molecular weight excluding hydrogens is 162 g/mol. The summed E-state index contributed by atoms with van der Waals surface area (Å²) in [4.78, 5) is 5.13. The highest BCUT2D eigenvalue weighted by atomic mass is 16.6. The molecule has 1 aliphatic carbocycles. The lowest BCUT2D eigenvalue weighted by Crippen LogP contribution is -2.37. The molecule has 0 aromatic rings. The van der Waals surface area contributed by atoms with Gasteiger partial charge in [-0.25, -0.2) is 0 Å². The Kier molecular flexibility index (Phi) is 3.77. The maximum absolute atomic E-state index is 5.13. The molecule has 1 aliphatic rings. The van der Waals surface area contributed by atoms with Gasteiger partial charge in [-0.1, -0.05) is 26.2 Å². The first-order valence-electron chi connectivity index (χ1n) is 4.95. The van der Waals surface area contributed by atoms with Crippen LogP contribution < -0.4 is 5.48 Å². The van der Waals surface area contributed by atoms with Gasteiger partial charge in [-0.3, -0.25) is 4.84 Å². The Bertz CT molecular complexity index is 193. The lowest BCUT2D eigenvalue weighted by molar-refractivity contribution is 0.0108. The molecule has 0 aromatic heterocycles. The summed E-state index contributed by atoms with van der Waals surface area (Å²) in [7, 11) is 0. The van der Waals surface area contributed by atoms with Gasteiger partial charge < -0.3 is 0 Å². The van der Waals surface area contributed by atoms with Gasteiger partial charge in [0.2, 0.25) is 0 Å². The van der Waals surface area contributed by atoms with E-state index in [1.54, 1.807) is 0 Å². The van der Waals surface area contributed by atoms with Crippen LogP contribution in [-0.2, 0) is 4.84 Å². The lowest BCUT2D eigenvalue weighted by atomic mass is 9.75. The van der Waals surface area contributed by atoms with Crippen LogP contribution in [0.2, 0.25) is 0 Å². The number of hydroxylamine groups is 1. The van der Waals surface area contributed by atoms with Gasteiger partial charge in [0, 0.05) is 6.04 Å². The van der Waals surface area contributed by atoms with Gasteiger partial charge in [0.05, 0.1) is 0 Å². The summed E-state index contributed by atoms with van der Waals surface area (Å²) in [5, 5.41) is 0. The van der Waals surface area contributed by atoms with Crippen molar-refractivity contribution in [3.05, 3.63) is 0 Å². The van der Waals surface area contributed by atoms with Gasteiger partial charge in [-0.15, -0.1) is 6.42 Å². The predicted molar refractivity (Wildman–Crippen MR) is 54.0 cm³/mol. The number of hydrogen-bond acceptors (Lipinski definition) is 2. The third kappa shape index (κ3) is 3.80. The fourth-order valence-corrected chi connectivity index (χ4v) is 2.00. The maximum Gasteiger partial charge on any atom is 0.128 e. The van der Waals surface area contributed by atoms with E-state index in [9.17, 15) is 0 Å². The van der Waals surface area contributed by atoms with Crippen molar-refractivity contribution in [3.63, 3.8) is 0 Å². The molecular formula is C11H19NO. The van der Waals surface area contributed by atoms with E-state index in [-0.39, 0.29) is 0 Å². The zero-order valence-electron chi connectivity index (χ0n) is 8.60. The van der Waals surface area contributed by atoms with Crippen LogP contribution in [0.1, 0.15) is 39.5 Å². The monoisotopic (exact) mass is 181 g/mol. The van der Waals surface area contributed by atoms with Gasteiger partial charge in [0.1, 0.15) is 6.61 Å². The van der Waals surface area contributed by atoms with E-state index < -0.39 is 0 Å². The Morgan fingerprint density at radius 2 is 2.38 bits per heavy atom. The molecule has 1 rings (SSSR count). The van der Waals surface area contributed by atoms with Crippen LogP contribution in [0, 0.1) is 17.8 Å². The minimum Gasteiger partial charge on any atom is -0.289 e. The first kappa shape index (κ1) is 10.6. The van der Waals surface area contributed by atoms with Gasteiger partial charge in [0.25, 0.3) is 0 Å². The highest BCUT2D eigenvalue weighted by Gasteiger charge is 2.27. The molecule has 1 unspecified atom stereocenters. The third-order valence-corrected chi connectivity index (χ3v) is 2.61. The largest absolute Gasteiger partial charge is 0.289 e. The minimum atomic E-state index is 0.358. The molecule has 1 fully saturated rings. The van der Waals surface area contributed by atoms with Crippen molar-refractivity contribution < 1.29 is 4.84 Å². The molecule has 1 atom stereocenters. The van der Waals surface area contributed by atoms with Crippen LogP contribution in [0.25, 0.3) is 0 Å². The standard InChI is InChI=1S/C11H19NO/c1-4-8-13-12-10-6-5-7-11(2,3)9-10/h1,10,12H,5-9H2,2-3H3. The molecule has 1 N–H and O–H groups in total. The number of terminal acetylenes is 1. The highest BCUT2D eigenvalue weighted by Crippen LogP contribution is 2.34. The molecule has 0 radical (unpaired) electrons. The quantitative estimate of drug-likeness (QED) is 0.409. The predicted octanol–water partition coefficient (Wildman–Crippen LogP) is 2.11. The smallest absolute Gasteiger partial charge is 0.128 e. The summed E-state index contributed by atoms with van der Waals surface area (Å²) in [5.41, 5.74) is 3.49. The third-order valence-electron chi connectivity index (χ3n) is 2.61. The second kappa shape index (κ2) is 4.64. The topological polar surface area (TPSA) is 21.3 Å². The van der Waals surface area contributed by atoms with Crippen molar-refractivity contribution in [2.24, 2.45) is 5.41 Å². The van der Waals surface area contributed by atoms with E-state index in [0.717, 1.165) is 0 Å². The SMILES string of the molecule is C#CCONC1CCCC(C)(C)C1. The Morgan fingerprint density at radius 1 is 1.62 bits per heavy atom. The zero-order chi connectivity index (χ0) is 9.73. The van der Waals surface area contributed by atoms with Crippen molar-refractivity contribution in [3.8, 4) is 12.3 Å². The molecule has 0 bridgehead atoms. The molecule has 0 aliphatic heterocycles. The molecule has 2 nitrogen and oxygen atoms in total. The molecule has 13 heavy (non-hydrogen) atoms. The Balaban J connectivity index is 2.23. The maximum atomic E-state index is 5.13. The Labute approximate surface area is 81.0 Å². The van der Waals surface area contributed by atoms with E-state index in [0.29, 0.717) is 18.1 Å². The molecule has 1 saturated carbocycles.